The number of hydrogen-bond donors (Lipinski definition) is 4. The molecule has 0 unspecified atom stereocenters. The van der Waals surface area contributed by atoms with Crippen molar-refractivity contribution in [3.05, 3.63) is 30.1 Å². The van der Waals surface area contributed by atoms with Gasteiger partial charge in [0.05, 0.1) is 16.9 Å². The SMILES string of the molecule is CC(N)=Nc1cnc(-c2ccc(S(N)(=O)=O)s2)nc1Nc1cc(C2CC2)[nH]n1. The number of nitrogens with one attached hydrogen (secondary N) is 2. The molecular weight excluding hydrogens is 400 g/mol. The molecule has 3 aromatic heterocycles. The molecule has 0 aromatic carbocycles. The van der Waals surface area contributed by atoms with Crippen LogP contribution in [0.4, 0.5) is 17.3 Å². The molecule has 4 rings (SSSR count). The lowest BCUT2D eigenvalue weighted by Crippen LogP contribution is -2.09. The molecule has 3 heterocycles. The predicted octanol–water partition coefficient (Wildman–Crippen LogP) is 2.21. The Labute approximate surface area is 165 Å². The third kappa shape index (κ3) is 4.03. The molecule has 146 valence electrons. The molecule has 1 aliphatic rings. The Balaban J connectivity index is 1.70. The topological polar surface area (TPSA) is 165 Å². The van der Waals surface area contributed by atoms with E-state index in [0.717, 1.165) is 29.9 Å². The fourth-order valence-corrected chi connectivity index (χ4v) is 4.25. The van der Waals surface area contributed by atoms with Crippen LogP contribution in [0.15, 0.2) is 33.6 Å². The Morgan fingerprint density at radius 1 is 1.39 bits per heavy atom. The Kier molecular flexibility index (Phi) is 4.61. The van der Waals surface area contributed by atoms with Crippen LogP contribution in [0.25, 0.3) is 10.7 Å². The van der Waals surface area contributed by atoms with Crippen molar-refractivity contribution < 1.29 is 8.42 Å². The number of hydrogen-bond acceptors (Lipinski definition) is 8. The highest BCUT2D eigenvalue weighted by atomic mass is 32.2. The highest BCUT2D eigenvalue weighted by Crippen LogP contribution is 2.40. The van der Waals surface area contributed by atoms with Crippen LogP contribution in [0, 0.1) is 0 Å². The normalized spacial score (nSPS) is 15.0. The van der Waals surface area contributed by atoms with Crippen molar-refractivity contribution in [1.82, 2.24) is 20.2 Å². The molecule has 0 aliphatic heterocycles. The van der Waals surface area contributed by atoms with Gasteiger partial charge in [0.1, 0.15) is 9.90 Å². The summed E-state index contributed by atoms with van der Waals surface area (Å²) in [7, 11) is -3.78. The van der Waals surface area contributed by atoms with Crippen LogP contribution >= 0.6 is 11.3 Å². The van der Waals surface area contributed by atoms with E-state index in [1.54, 1.807) is 13.0 Å². The molecule has 28 heavy (non-hydrogen) atoms. The fraction of sp³-hybridized carbons (Fsp3) is 0.250. The first-order valence-corrected chi connectivity index (χ1v) is 10.8. The van der Waals surface area contributed by atoms with Crippen LogP contribution in [0.1, 0.15) is 31.4 Å². The van der Waals surface area contributed by atoms with Gasteiger partial charge in [-0.05, 0) is 31.9 Å². The van der Waals surface area contributed by atoms with E-state index in [2.05, 4.69) is 30.5 Å². The number of nitrogens with zero attached hydrogens (tertiary/aromatic N) is 4. The minimum Gasteiger partial charge on any atom is -0.387 e. The second-order valence-electron chi connectivity index (χ2n) is 6.45. The smallest absolute Gasteiger partial charge is 0.247 e. The zero-order chi connectivity index (χ0) is 19.9. The number of anilines is 2. The first-order valence-electron chi connectivity index (χ1n) is 8.43. The molecule has 1 fully saturated rings. The molecule has 0 saturated heterocycles. The maximum atomic E-state index is 11.5. The first-order chi connectivity index (χ1) is 13.3. The van der Waals surface area contributed by atoms with E-state index >= 15 is 0 Å². The van der Waals surface area contributed by atoms with Gasteiger partial charge in [-0.3, -0.25) is 5.10 Å². The number of aliphatic imine (C=N–C) groups is 1. The van der Waals surface area contributed by atoms with Crippen LogP contribution in [-0.4, -0.2) is 34.4 Å². The van der Waals surface area contributed by atoms with Crippen LogP contribution in [-0.2, 0) is 10.0 Å². The molecule has 1 saturated carbocycles. The average Bonchev–Trinajstić information content (AvgIpc) is 3.15. The lowest BCUT2D eigenvalue weighted by atomic mass is 10.3. The fourth-order valence-electron chi connectivity index (χ4n) is 2.58. The monoisotopic (exact) mass is 418 g/mol. The van der Waals surface area contributed by atoms with Crippen molar-refractivity contribution in [3.63, 3.8) is 0 Å². The van der Waals surface area contributed by atoms with E-state index in [9.17, 15) is 8.42 Å². The van der Waals surface area contributed by atoms with Gasteiger partial charge in [0.2, 0.25) is 10.0 Å². The summed E-state index contributed by atoms with van der Waals surface area (Å²) >= 11 is 0.996. The minimum atomic E-state index is -3.78. The quantitative estimate of drug-likeness (QED) is 0.352. The lowest BCUT2D eigenvalue weighted by Gasteiger charge is -2.07. The number of rotatable bonds is 6. The maximum Gasteiger partial charge on any atom is 0.247 e. The molecule has 0 spiro atoms. The van der Waals surface area contributed by atoms with Crippen LogP contribution < -0.4 is 16.2 Å². The van der Waals surface area contributed by atoms with Gasteiger partial charge in [0, 0.05) is 17.7 Å². The third-order valence-corrected chi connectivity index (χ3v) is 6.53. The summed E-state index contributed by atoms with van der Waals surface area (Å²) in [6.45, 7) is 1.66. The summed E-state index contributed by atoms with van der Waals surface area (Å²) in [6, 6.07) is 4.98. The van der Waals surface area contributed by atoms with Crippen LogP contribution in [0.5, 0.6) is 0 Å². The first kappa shape index (κ1) is 18.5. The van der Waals surface area contributed by atoms with E-state index < -0.39 is 10.0 Å². The number of aromatic amines is 1. The van der Waals surface area contributed by atoms with Crippen molar-refractivity contribution in [2.45, 2.75) is 29.9 Å². The van der Waals surface area contributed by atoms with Crippen LogP contribution in [0.3, 0.4) is 0 Å². The van der Waals surface area contributed by atoms with Crippen molar-refractivity contribution >= 4 is 44.5 Å². The highest BCUT2D eigenvalue weighted by Gasteiger charge is 2.25. The van der Waals surface area contributed by atoms with Crippen LogP contribution in [0.2, 0.25) is 0 Å². The van der Waals surface area contributed by atoms with Gasteiger partial charge in [-0.2, -0.15) is 5.10 Å². The number of thiophene rings is 1. The molecule has 6 N–H and O–H groups in total. The van der Waals surface area contributed by atoms with E-state index in [1.165, 1.54) is 12.3 Å². The second-order valence-corrected chi connectivity index (χ2v) is 9.32. The Hall–Kier alpha value is -2.83. The van der Waals surface area contributed by atoms with E-state index in [0.29, 0.717) is 39.8 Å². The van der Waals surface area contributed by atoms with Gasteiger partial charge in [-0.1, -0.05) is 0 Å². The number of H-pyrrole nitrogens is 1. The Morgan fingerprint density at radius 3 is 2.82 bits per heavy atom. The Bertz CT molecular complexity index is 1160. The maximum absolute atomic E-state index is 11.5. The summed E-state index contributed by atoms with van der Waals surface area (Å²) in [5, 5.41) is 15.6. The van der Waals surface area contributed by atoms with E-state index in [4.69, 9.17) is 10.9 Å². The van der Waals surface area contributed by atoms with Crippen molar-refractivity contribution in [1.29, 1.82) is 0 Å². The van der Waals surface area contributed by atoms with Crippen molar-refractivity contribution in [2.75, 3.05) is 5.32 Å². The van der Waals surface area contributed by atoms with E-state index in [-0.39, 0.29) is 4.21 Å². The summed E-state index contributed by atoms with van der Waals surface area (Å²) in [5.41, 5.74) is 7.23. The zero-order valence-electron chi connectivity index (χ0n) is 14.9. The van der Waals surface area contributed by atoms with Gasteiger partial charge < -0.3 is 11.1 Å². The van der Waals surface area contributed by atoms with Gasteiger partial charge in [0.15, 0.2) is 17.5 Å². The number of sulfonamides is 1. The van der Waals surface area contributed by atoms with Gasteiger partial charge in [0.25, 0.3) is 0 Å². The second kappa shape index (κ2) is 6.96. The number of aromatic nitrogens is 4. The molecule has 10 nitrogen and oxygen atoms in total. The molecular formula is C16H18N8O2S2. The summed E-state index contributed by atoms with van der Waals surface area (Å²) in [5.74, 6) is 2.25. The van der Waals surface area contributed by atoms with E-state index in [1.807, 2.05) is 6.07 Å². The predicted molar refractivity (Wildman–Crippen MR) is 108 cm³/mol. The number of primary sulfonamides is 1. The zero-order valence-corrected chi connectivity index (χ0v) is 16.5. The summed E-state index contributed by atoms with van der Waals surface area (Å²) in [6.07, 6.45) is 3.84. The third-order valence-electron chi connectivity index (χ3n) is 4.01. The van der Waals surface area contributed by atoms with Gasteiger partial charge in [-0.25, -0.2) is 28.5 Å². The molecule has 12 heteroatoms. The molecule has 0 amide bonds. The van der Waals surface area contributed by atoms with Gasteiger partial charge in [-0.15, -0.1) is 11.3 Å². The summed E-state index contributed by atoms with van der Waals surface area (Å²) < 4.78 is 23.1. The van der Waals surface area contributed by atoms with Crippen molar-refractivity contribution in [2.24, 2.45) is 15.9 Å². The van der Waals surface area contributed by atoms with Gasteiger partial charge >= 0.3 is 0 Å². The lowest BCUT2D eigenvalue weighted by molar-refractivity contribution is 0.600. The molecule has 0 atom stereocenters. The highest BCUT2D eigenvalue weighted by molar-refractivity contribution is 7.91. The Morgan fingerprint density at radius 2 is 2.18 bits per heavy atom. The summed E-state index contributed by atoms with van der Waals surface area (Å²) in [4.78, 5) is 13.6. The molecule has 3 aromatic rings. The standard InChI is InChI=1S/C16H18N8O2S2/c1-8(17)20-11-7-19-16(12-4-5-14(27-12)28(18,25)26)22-15(11)21-13-6-10(23-24-13)9-2-3-9/h4-7,9H,2-3H2,1H3,(H2,17,20)(H2,18,25,26)(H2,19,21,22,23,24). The largest absolute Gasteiger partial charge is 0.387 e. The number of nitrogens with two attached hydrogens (primary N) is 2. The number of amidine groups is 1. The average molecular weight is 419 g/mol. The molecule has 0 bridgehead atoms. The molecule has 0 radical (unpaired) electrons. The minimum absolute atomic E-state index is 0.0434. The molecule has 1 aliphatic carbocycles. The van der Waals surface area contributed by atoms with Crippen molar-refractivity contribution in [3.8, 4) is 10.7 Å².